The third-order valence-corrected chi connectivity index (χ3v) is 4.57. The topological polar surface area (TPSA) is 72.2 Å². The van der Waals surface area contributed by atoms with E-state index >= 15 is 0 Å². The predicted molar refractivity (Wildman–Crippen MR) is 93.7 cm³/mol. The van der Waals surface area contributed by atoms with Crippen LogP contribution in [0.4, 0.5) is 0 Å². The second-order valence-corrected chi connectivity index (χ2v) is 6.45. The van der Waals surface area contributed by atoms with Crippen LogP contribution in [0.3, 0.4) is 0 Å². The predicted octanol–water partition coefficient (Wildman–Crippen LogP) is 3.41. The number of nitrogens with two attached hydrogens (primary N) is 1. The van der Waals surface area contributed by atoms with Gasteiger partial charge in [-0.3, -0.25) is 9.59 Å². The van der Waals surface area contributed by atoms with Crippen molar-refractivity contribution in [1.82, 2.24) is 5.32 Å². The maximum Gasteiger partial charge on any atom is 0.252 e. The maximum atomic E-state index is 12.5. The Kier molecular flexibility index (Phi) is 6.07. The van der Waals surface area contributed by atoms with Crippen molar-refractivity contribution in [2.45, 2.75) is 17.9 Å². The van der Waals surface area contributed by atoms with E-state index in [2.05, 4.69) is 5.32 Å². The number of amides is 2. The third-order valence-electron chi connectivity index (χ3n) is 3.22. The minimum absolute atomic E-state index is 0.136. The average molecular weight is 349 g/mol. The van der Waals surface area contributed by atoms with E-state index in [1.165, 1.54) is 11.8 Å². The van der Waals surface area contributed by atoms with E-state index < -0.39 is 5.91 Å². The fraction of sp³-hybridized carbons (Fsp3) is 0.176. The van der Waals surface area contributed by atoms with Crippen LogP contribution in [0.25, 0.3) is 0 Å². The molecule has 120 valence electrons. The van der Waals surface area contributed by atoms with Gasteiger partial charge in [0.2, 0.25) is 5.91 Å². The summed E-state index contributed by atoms with van der Waals surface area (Å²) in [5, 5.41) is 3.60. The zero-order chi connectivity index (χ0) is 16.8. The molecule has 0 aromatic heterocycles. The molecule has 0 aliphatic carbocycles. The second-order valence-electron chi connectivity index (χ2n) is 5.00. The Hall–Kier alpha value is -1.98. The van der Waals surface area contributed by atoms with E-state index in [1.54, 1.807) is 30.3 Å². The van der Waals surface area contributed by atoms with Crippen molar-refractivity contribution in [3.8, 4) is 0 Å². The van der Waals surface area contributed by atoms with Gasteiger partial charge >= 0.3 is 0 Å². The highest BCUT2D eigenvalue weighted by Crippen LogP contribution is 2.23. The molecule has 3 N–H and O–H groups in total. The number of thioether (sulfide) groups is 1. The number of primary amides is 1. The van der Waals surface area contributed by atoms with E-state index in [-0.39, 0.29) is 17.7 Å². The molecule has 2 amide bonds. The number of hydrogen-bond acceptors (Lipinski definition) is 3. The summed E-state index contributed by atoms with van der Waals surface area (Å²) < 4.78 is 0. The SMILES string of the molecule is C[C@@H](NC(=O)c1ccccc1SCC(N)=O)c1ccc(Cl)cc1. The molecule has 0 saturated heterocycles. The molecule has 1 atom stereocenters. The highest BCUT2D eigenvalue weighted by atomic mass is 35.5. The van der Waals surface area contributed by atoms with E-state index in [0.717, 1.165) is 10.5 Å². The third kappa shape index (κ3) is 5.01. The highest BCUT2D eigenvalue weighted by molar-refractivity contribution is 8.00. The molecule has 0 bridgehead atoms. The van der Waals surface area contributed by atoms with Gasteiger partial charge in [0.15, 0.2) is 0 Å². The lowest BCUT2D eigenvalue weighted by molar-refractivity contribution is -0.115. The van der Waals surface area contributed by atoms with Gasteiger partial charge < -0.3 is 11.1 Å². The Labute approximate surface area is 144 Å². The largest absolute Gasteiger partial charge is 0.369 e. The lowest BCUT2D eigenvalue weighted by Crippen LogP contribution is -2.27. The number of benzene rings is 2. The summed E-state index contributed by atoms with van der Waals surface area (Å²) in [7, 11) is 0. The van der Waals surface area contributed by atoms with Crippen LogP contribution in [0, 0.1) is 0 Å². The molecule has 6 heteroatoms. The first-order valence-electron chi connectivity index (χ1n) is 7.04. The fourth-order valence-corrected chi connectivity index (χ4v) is 2.95. The van der Waals surface area contributed by atoms with Crippen LogP contribution in [0.5, 0.6) is 0 Å². The molecule has 23 heavy (non-hydrogen) atoms. The van der Waals surface area contributed by atoms with E-state index in [4.69, 9.17) is 17.3 Å². The van der Waals surface area contributed by atoms with Crippen molar-refractivity contribution in [2.75, 3.05) is 5.75 Å². The molecule has 0 spiro atoms. The van der Waals surface area contributed by atoms with Crippen LogP contribution >= 0.6 is 23.4 Å². The number of nitrogens with one attached hydrogen (secondary N) is 1. The number of carbonyl (C=O) groups is 2. The normalized spacial score (nSPS) is 11.7. The van der Waals surface area contributed by atoms with Crippen molar-refractivity contribution >= 4 is 35.2 Å². The Balaban J connectivity index is 2.11. The summed E-state index contributed by atoms with van der Waals surface area (Å²) in [5.41, 5.74) is 6.65. The van der Waals surface area contributed by atoms with Gasteiger partial charge in [0.1, 0.15) is 0 Å². The maximum absolute atomic E-state index is 12.5. The molecule has 0 aliphatic rings. The number of rotatable bonds is 6. The van der Waals surface area contributed by atoms with Gasteiger partial charge in [-0.1, -0.05) is 35.9 Å². The van der Waals surface area contributed by atoms with Gasteiger partial charge in [-0.15, -0.1) is 11.8 Å². The average Bonchev–Trinajstić information content (AvgIpc) is 2.53. The molecule has 0 heterocycles. The Morgan fingerprint density at radius 1 is 1.17 bits per heavy atom. The summed E-state index contributed by atoms with van der Waals surface area (Å²) in [6.45, 7) is 1.90. The molecule has 2 aromatic rings. The van der Waals surface area contributed by atoms with Crippen LogP contribution < -0.4 is 11.1 Å². The fourth-order valence-electron chi connectivity index (χ4n) is 2.04. The number of hydrogen-bond donors (Lipinski definition) is 2. The lowest BCUT2D eigenvalue weighted by Gasteiger charge is -2.16. The Morgan fingerprint density at radius 3 is 2.48 bits per heavy atom. The van der Waals surface area contributed by atoms with Crippen LogP contribution in [0.1, 0.15) is 28.9 Å². The highest BCUT2D eigenvalue weighted by Gasteiger charge is 2.15. The van der Waals surface area contributed by atoms with Gasteiger partial charge in [-0.25, -0.2) is 0 Å². The van der Waals surface area contributed by atoms with Crippen LogP contribution in [0.15, 0.2) is 53.4 Å². The Bertz CT molecular complexity index is 704. The minimum atomic E-state index is -0.417. The molecular weight excluding hydrogens is 332 g/mol. The first-order chi connectivity index (χ1) is 11.0. The molecule has 0 radical (unpaired) electrons. The molecule has 0 fully saturated rings. The van der Waals surface area contributed by atoms with Crippen LogP contribution in [-0.2, 0) is 4.79 Å². The van der Waals surface area contributed by atoms with Crippen molar-refractivity contribution in [1.29, 1.82) is 0 Å². The quantitative estimate of drug-likeness (QED) is 0.786. The molecule has 0 unspecified atom stereocenters. The van der Waals surface area contributed by atoms with Crippen molar-refractivity contribution in [3.05, 3.63) is 64.7 Å². The second kappa shape index (κ2) is 8.04. The van der Waals surface area contributed by atoms with Crippen molar-refractivity contribution in [3.63, 3.8) is 0 Å². The first-order valence-corrected chi connectivity index (χ1v) is 8.40. The number of carbonyl (C=O) groups excluding carboxylic acids is 2. The van der Waals surface area contributed by atoms with E-state index in [1.807, 2.05) is 25.1 Å². The smallest absolute Gasteiger partial charge is 0.252 e. The monoisotopic (exact) mass is 348 g/mol. The van der Waals surface area contributed by atoms with Gasteiger partial charge in [0.05, 0.1) is 17.4 Å². The van der Waals surface area contributed by atoms with Crippen molar-refractivity contribution < 1.29 is 9.59 Å². The molecule has 4 nitrogen and oxygen atoms in total. The van der Waals surface area contributed by atoms with Crippen LogP contribution in [0.2, 0.25) is 5.02 Å². The van der Waals surface area contributed by atoms with Gasteiger partial charge in [-0.2, -0.15) is 0 Å². The molecule has 0 saturated carbocycles. The molecule has 2 rings (SSSR count). The molecule has 0 aliphatic heterocycles. The summed E-state index contributed by atoms with van der Waals surface area (Å²) in [6.07, 6.45) is 0. The standard InChI is InChI=1S/C17H17ClN2O2S/c1-11(12-6-8-13(18)9-7-12)20-17(22)14-4-2-3-5-15(14)23-10-16(19)21/h2-9,11H,10H2,1H3,(H2,19,21)(H,20,22)/t11-/m1/s1. The summed E-state index contributed by atoms with van der Waals surface area (Å²) in [4.78, 5) is 24.2. The molecular formula is C17H17ClN2O2S. The van der Waals surface area contributed by atoms with Crippen LogP contribution in [-0.4, -0.2) is 17.6 Å². The zero-order valence-corrected chi connectivity index (χ0v) is 14.2. The van der Waals surface area contributed by atoms with Crippen molar-refractivity contribution in [2.24, 2.45) is 5.73 Å². The van der Waals surface area contributed by atoms with E-state index in [9.17, 15) is 9.59 Å². The minimum Gasteiger partial charge on any atom is -0.369 e. The summed E-state index contributed by atoms with van der Waals surface area (Å²) in [5.74, 6) is -0.475. The van der Waals surface area contributed by atoms with E-state index in [0.29, 0.717) is 10.6 Å². The first kappa shape index (κ1) is 17.4. The lowest BCUT2D eigenvalue weighted by atomic mass is 10.1. The van der Waals surface area contributed by atoms with Gasteiger partial charge in [-0.05, 0) is 36.8 Å². The van der Waals surface area contributed by atoms with Gasteiger partial charge in [0.25, 0.3) is 5.91 Å². The summed E-state index contributed by atoms with van der Waals surface area (Å²) in [6, 6.07) is 14.3. The summed E-state index contributed by atoms with van der Waals surface area (Å²) >= 11 is 7.13. The Morgan fingerprint density at radius 2 is 1.83 bits per heavy atom. The molecule has 2 aromatic carbocycles. The zero-order valence-electron chi connectivity index (χ0n) is 12.6. The number of halogens is 1. The van der Waals surface area contributed by atoms with Gasteiger partial charge in [0, 0.05) is 9.92 Å².